The molecule has 1 atom stereocenters. The SMILES string of the molecule is CC(CC(N)=O)NC(=O)c1cc(S)cs1. The van der Waals surface area contributed by atoms with E-state index in [-0.39, 0.29) is 18.4 Å². The fourth-order valence-electron chi connectivity index (χ4n) is 1.09. The molecule has 82 valence electrons. The number of nitrogens with two attached hydrogens (primary N) is 1. The lowest BCUT2D eigenvalue weighted by molar-refractivity contribution is -0.118. The van der Waals surface area contributed by atoms with E-state index in [0.717, 1.165) is 4.90 Å². The first-order valence-electron chi connectivity index (χ1n) is 4.35. The highest BCUT2D eigenvalue weighted by atomic mass is 32.1. The molecule has 0 bridgehead atoms. The van der Waals surface area contributed by atoms with Crippen LogP contribution in [0.5, 0.6) is 0 Å². The van der Waals surface area contributed by atoms with Crippen molar-refractivity contribution in [3.8, 4) is 0 Å². The van der Waals surface area contributed by atoms with Crippen LogP contribution in [-0.2, 0) is 4.79 Å². The van der Waals surface area contributed by atoms with Crippen LogP contribution in [0.15, 0.2) is 16.3 Å². The van der Waals surface area contributed by atoms with Crippen molar-refractivity contribution in [1.29, 1.82) is 0 Å². The number of hydrogen-bond acceptors (Lipinski definition) is 4. The minimum Gasteiger partial charge on any atom is -0.370 e. The Morgan fingerprint density at radius 1 is 1.67 bits per heavy atom. The number of thiol groups is 1. The van der Waals surface area contributed by atoms with Gasteiger partial charge in [-0.25, -0.2) is 0 Å². The van der Waals surface area contributed by atoms with Crippen molar-refractivity contribution < 1.29 is 9.59 Å². The minimum absolute atomic E-state index is 0.144. The maximum Gasteiger partial charge on any atom is 0.261 e. The van der Waals surface area contributed by atoms with Crippen LogP contribution in [0.2, 0.25) is 0 Å². The molecule has 1 heterocycles. The van der Waals surface area contributed by atoms with Crippen molar-refractivity contribution in [2.24, 2.45) is 5.73 Å². The Morgan fingerprint density at radius 2 is 2.33 bits per heavy atom. The van der Waals surface area contributed by atoms with E-state index >= 15 is 0 Å². The number of carbonyl (C=O) groups is 2. The van der Waals surface area contributed by atoms with E-state index in [2.05, 4.69) is 17.9 Å². The van der Waals surface area contributed by atoms with Gasteiger partial charge in [-0.05, 0) is 13.0 Å². The Hall–Kier alpha value is -1.01. The standard InChI is InChI=1S/C9H12N2O2S2/c1-5(2-8(10)12)11-9(13)7-3-6(14)4-15-7/h3-5,14H,2H2,1H3,(H2,10,12)(H,11,13). The van der Waals surface area contributed by atoms with E-state index in [1.807, 2.05) is 0 Å². The molecule has 0 saturated carbocycles. The number of carbonyl (C=O) groups excluding carboxylic acids is 2. The molecule has 0 radical (unpaired) electrons. The smallest absolute Gasteiger partial charge is 0.261 e. The third-order valence-electron chi connectivity index (χ3n) is 1.69. The van der Waals surface area contributed by atoms with Crippen LogP contribution in [0.1, 0.15) is 23.0 Å². The average molecular weight is 244 g/mol. The number of amides is 2. The maximum atomic E-state index is 11.6. The molecular weight excluding hydrogens is 232 g/mol. The third kappa shape index (κ3) is 3.93. The van der Waals surface area contributed by atoms with Crippen molar-refractivity contribution in [3.05, 3.63) is 16.3 Å². The average Bonchev–Trinajstić information content (AvgIpc) is 2.49. The Labute approximate surface area is 97.3 Å². The van der Waals surface area contributed by atoms with E-state index < -0.39 is 5.91 Å². The fraction of sp³-hybridized carbons (Fsp3) is 0.333. The largest absolute Gasteiger partial charge is 0.370 e. The molecule has 0 saturated heterocycles. The predicted octanol–water partition coefficient (Wildman–Crippen LogP) is 1.03. The van der Waals surface area contributed by atoms with Crippen LogP contribution in [0, 0.1) is 0 Å². The summed E-state index contributed by atoms with van der Waals surface area (Å²) < 4.78 is 0. The van der Waals surface area contributed by atoms with Crippen molar-refractivity contribution in [2.75, 3.05) is 0 Å². The molecule has 4 nitrogen and oxygen atoms in total. The predicted molar refractivity (Wildman–Crippen MR) is 62.3 cm³/mol. The second-order valence-electron chi connectivity index (χ2n) is 3.21. The van der Waals surface area contributed by atoms with Crippen LogP contribution < -0.4 is 11.1 Å². The van der Waals surface area contributed by atoms with Gasteiger partial charge in [0.2, 0.25) is 5.91 Å². The summed E-state index contributed by atoms with van der Waals surface area (Å²) in [6, 6.07) is 1.43. The molecule has 1 aromatic heterocycles. The third-order valence-corrected chi connectivity index (χ3v) is 3.06. The highest BCUT2D eigenvalue weighted by Gasteiger charge is 2.12. The molecule has 0 aliphatic carbocycles. The summed E-state index contributed by atoms with van der Waals surface area (Å²) in [6.45, 7) is 1.73. The molecule has 6 heteroatoms. The molecular formula is C9H12N2O2S2. The topological polar surface area (TPSA) is 72.2 Å². The molecule has 0 spiro atoms. The quantitative estimate of drug-likeness (QED) is 0.692. The summed E-state index contributed by atoms with van der Waals surface area (Å²) in [5, 5.41) is 4.45. The van der Waals surface area contributed by atoms with Gasteiger partial charge in [-0.15, -0.1) is 24.0 Å². The zero-order valence-corrected chi connectivity index (χ0v) is 9.90. The monoisotopic (exact) mass is 244 g/mol. The van der Waals surface area contributed by atoms with Gasteiger partial charge in [0.25, 0.3) is 5.91 Å². The molecule has 0 fully saturated rings. The number of nitrogens with one attached hydrogen (secondary N) is 1. The fourth-order valence-corrected chi connectivity index (χ4v) is 2.14. The van der Waals surface area contributed by atoms with Crippen LogP contribution >= 0.6 is 24.0 Å². The minimum atomic E-state index is -0.427. The van der Waals surface area contributed by atoms with Crippen molar-refractivity contribution in [2.45, 2.75) is 24.3 Å². The van der Waals surface area contributed by atoms with Crippen molar-refractivity contribution in [3.63, 3.8) is 0 Å². The highest BCUT2D eigenvalue weighted by Crippen LogP contribution is 2.17. The van der Waals surface area contributed by atoms with Crippen molar-refractivity contribution in [1.82, 2.24) is 5.32 Å². The molecule has 1 unspecified atom stereocenters. The van der Waals surface area contributed by atoms with Gasteiger partial charge in [-0.1, -0.05) is 0 Å². The zero-order chi connectivity index (χ0) is 11.4. The Morgan fingerprint density at radius 3 is 2.80 bits per heavy atom. The summed E-state index contributed by atoms with van der Waals surface area (Å²) in [4.78, 5) is 23.5. The zero-order valence-electron chi connectivity index (χ0n) is 8.19. The molecule has 2 amide bonds. The van der Waals surface area contributed by atoms with Crippen LogP contribution in [-0.4, -0.2) is 17.9 Å². The first kappa shape index (κ1) is 12.1. The first-order valence-corrected chi connectivity index (χ1v) is 5.68. The van der Waals surface area contributed by atoms with Gasteiger partial charge in [-0.3, -0.25) is 9.59 Å². The molecule has 1 rings (SSSR count). The molecule has 0 aromatic carbocycles. The lowest BCUT2D eigenvalue weighted by Crippen LogP contribution is -2.35. The number of primary amides is 1. The van der Waals surface area contributed by atoms with Gasteiger partial charge in [0, 0.05) is 22.7 Å². The summed E-state index contributed by atoms with van der Waals surface area (Å²) in [5.41, 5.74) is 5.01. The summed E-state index contributed by atoms with van der Waals surface area (Å²) in [5.74, 6) is -0.627. The Balaban J connectivity index is 2.52. The van der Waals surface area contributed by atoms with E-state index in [1.165, 1.54) is 11.3 Å². The Bertz CT molecular complexity index is 376. The Kier molecular flexibility index (Phi) is 4.16. The molecule has 0 aliphatic heterocycles. The number of hydrogen-bond donors (Lipinski definition) is 3. The summed E-state index contributed by atoms with van der Waals surface area (Å²) in [7, 11) is 0. The lowest BCUT2D eigenvalue weighted by atomic mass is 10.2. The van der Waals surface area contributed by atoms with Gasteiger partial charge >= 0.3 is 0 Å². The number of thiophene rings is 1. The maximum absolute atomic E-state index is 11.6. The second kappa shape index (κ2) is 5.18. The van der Waals surface area contributed by atoms with Crippen molar-refractivity contribution >= 4 is 35.8 Å². The van der Waals surface area contributed by atoms with Gasteiger partial charge in [-0.2, -0.15) is 0 Å². The molecule has 1 aromatic rings. The second-order valence-corrected chi connectivity index (χ2v) is 4.64. The highest BCUT2D eigenvalue weighted by molar-refractivity contribution is 7.80. The van der Waals surface area contributed by atoms with Crippen LogP contribution in [0.3, 0.4) is 0 Å². The molecule has 0 aliphatic rings. The summed E-state index contributed by atoms with van der Waals surface area (Å²) in [6.07, 6.45) is 0.144. The first-order chi connectivity index (χ1) is 6.99. The van der Waals surface area contributed by atoms with Crippen LogP contribution in [0.4, 0.5) is 0 Å². The molecule has 15 heavy (non-hydrogen) atoms. The summed E-state index contributed by atoms with van der Waals surface area (Å²) >= 11 is 5.42. The van der Waals surface area contributed by atoms with Gasteiger partial charge in [0.15, 0.2) is 0 Å². The van der Waals surface area contributed by atoms with E-state index in [4.69, 9.17) is 5.73 Å². The molecule has 3 N–H and O–H groups in total. The number of rotatable bonds is 4. The normalized spacial score (nSPS) is 12.1. The van der Waals surface area contributed by atoms with Crippen LogP contribution in [0.25, 0.3) is 0 Å². The van der Waals surface area contributed by atoms with E-state index in [0.29, 0.717) is 4.88 Å². The van der Waals surface area contributed by atoms with Gasteiger partial charge in [0.05, 0.1) is 4.88 Å². The van der Waals surface area contributed by atoms with E-state index in [9.17, 15) is 9.59 Å². The van der Waals surface area contributed by atoms with E-state index in [1.54, 1.807) is 18.4 Å². The lowest BCUT2D eigenvalue weighted by Gasteiger charge is -2.10. The van der Waals surface area contributed by atoms with Gasteiger partial charge in [0.1, 0.15) is 0 Å². The van der Waals surface area contributed by atoms with Gasteiger partial charge < -0.3 is 11.1 Å².